The van der Waals surface area contributed by atoms with Crippen molar-refractivity contribution in [2.75, 3.05) is 13.1 Å². The maximum Gasteiger partial charge on any atom is 0.265 e. The molecule has 1 fully saturated rings. The highest BCUT2D eigenvalue weighted by Crippen LogP contribution is 2.24. The summed E-state index contributed by atoms with van der Waals surface area (Å²) in [7, 11) is 0. The summed E-state index contributed by atoms with van der Waals surface area (Å²) in [6, 6.07) is 10.7. The Morgan fingerprint density at radius 2 is 2.00 bits per heavy atom. The Hall–Kier alpha value is -1.68. The molecule has 110 valence electrons. The molecule has 2 aromatic rings. The molecule has 0 aliphatic carbocycles. The molecule has 2 heterocycles. The number of nitrogens with zero attached hydrogens (tertiary/aromatic N) is 2. The second-order valence-electron chi connectivity index (χ2n) is 5.63. The minimum Gasteiger partial charge on any atom is -0.338 e. The van der Waals surface area contributed by atoms with E-state index in [0.29, 0.717) is 0 Å². The van der Waals surface area contributed by atoms with Gasteiger partial charge in [0.25, 0.3) is 5.91 Å². The molecule has 3 nitrogen and oxygen atoms in total. The van der Waals surface area contributed by atoms with Crippen LogP contribution in [0.15, 0.2) is 42.0 Å². The topological polar surface area (TPSA) is 33.2 Å². The number of likely N-dealkylation sites (tertiary alicyclic amines) is 1. The van der Waals surface area contributed by atoms with Crippen LogP contribution in [0.2, 0.25) is 0 Å². The summed E-state index contributed by atoms with van der Waals surface area (Å²) in [5.74, 6) is 0.898. The largest absolute Gasteiger partial charge is 0.338 e. The summed E-state index contributed by atoms with van der Waals surface area (Å²) in [6.45, 7) is 1.77. The van der Waals surface area contributed by atoms with Gasteiger partial charge in [0.15, 0.2) is 0 Å². The first-order chi connectivity index (χ1) is 10.3. The molecular weight excluding hydrogens is 280 g/mol. The number of hydrogen-bond acceptors (Lipinski definition) is 3. The molecular formula is C17H20N2OS. The zero-order valence-electron chi connectivity index (χ0n) is 12.1. The van der Waals surface area contributed by atoms with E-state index in [1.807, 2.05) is 4.90 Å². The zero-order chi connectivity index (χ0) is 14.5. The number of carbonyl (C=O) groups excluding carboxylic acids is 1. The molecule has 0 spiro atoms. The van der Waals surface area contributed by atoms with E-state index in [2.05, 4.69) is 35.3 Å². The maximum atomic E-state index is 12.2. The van der Waals surface area contributed by atoms with E-state index in [0.717, 1.165) is 43.1 Å². The lowest BCUT2D eigenvalue weighted by Gasteiger charge is -2.31. The Bertz CT molecular complexity index is 560. The van der Waals surface area contributed by atoms with Crippen LogP contribution in [0, 0.1) is 5.92 Å². The van der Waals surface area contributed by atoms with Gasteiger partial charge in [0.1, 0.15) is 4.88 Å². The number of rotatable bonds is 4. The number of benzene rings is 1. The minimum absolute atomic E-state index is 0.152. The number of aryl methyl sites for hydroxylation is 1. The van der Waals surface area contributed by atoms with Gasteiger partial charge < -0.3 is 4.90 Å². The number of piperidine rings is 1. The summed E-state index contributed by atoms with van der Waals surface area (Å²) in [5, 5.41) is 0. The summed E-state index contributed by atoms with van der Waals surface area (Å²) >= 11 is 1.43. The summed E-state index contributed by atoms with van der Waals surface area (Å²) < 4.78 is 0. The Morgan fingerprint density at radius 3 is 2.67 bits per heavy atom. The van der Waals surface area contributed by atoms with Crippen molar-refractivity contribution >= 4 is 17.2 Å². The van der Waals surface area contributed by atoms with Gasteiger partial charge in [-0.15, -0.1) is 11.3 Å². The zero-order valence-corrected chi connectivity index (χ0v) is 12.9. The van der Waals surface area contributed by atoms with Crippen molar-refractivity contribution in [3.8, 4) is 0 Å². The normalized spacial score (nSPS) is 16.1. The van der Waals surface area contributed by atoms with Gasteiger partial charge in [0.05, 0.1) is 11.7 Å². The number of aromatic nitrogens is 1. The first-order valence-corrected chi connectivity index (χ1v) is 8.42. The lowest BCUT2D eigenvalue weighted by molar-refractivity contribution is 0.0691. The molecule has 0 radical (unpaired) electrons. The fraction of sp³-hybridized carbons (Fsp3) is 0.412. The van der Waals surface area contributed by atoms with E-state index in [-0.39, 0.29) is 5.91 Å². The third-order valence-electron chi connectivity index (χ3n) is 4.23. The predicted octanol–water partition coefficient (Wildman–Crippen LogP) is 3.63. The Balaban J connectivity index is 1.46. The molecule has 1 aromatic heterocycles. The highest BCUT2D eigenvalue weighted by Gasteiger charge is 2.24. The third-order valence-corrected chi connectivity index (χ3v) is 4.99. The van der Waals surface area contributed by atoms with Crippen LogP contribution in [-0.4, -0.2) is 28.9 Å². The van der Waals surface area contributed by atoms with Gasteiger partial charge in [-0.2, -0.15) is 0 Å². The van der Waals surface area contributed by atoms with E-state index in [1.54, 1.807) is 11.7 Å². The van der Waals surface area contributed by atoms with E-state index in [9.17, 15) is 4.79 Å². The van der Waals surface area contributed by atoms with Crippen LogP contribution in [0.25, 0.3) is 0 Å². The van der Waals surface area contributed by atoms with E-state index < -0.39 is 0 Å². The molecule has 1 aliphatic rings. The van der Waals surface area contributed by atoms with Gasteiger partial charge in [0.2, 0.25) is 0 Å². The highest BCUT2D eigenvalue weighted by atomic mass is 32.1. The lowest BCUT2D eigenvalue weighted by Crippen LogP contribution is -2.38. The highest BCUT2D eigenvalue weighted by molar-refractivity contribution is 7.11. The monoisotopic (exact) mass is 300 g/mol. The van der Waals surface area contributed by atoms with Gasteiger partial charge in [-0.3, -0.25) is 9.78 Å². The van der Waals surface area contributed by atoms with Gasteiger partial charge in [0, 0.05) is 13.1 Å². The number of hydrogen-bond donors (Lipinski definition) is 0. The Kier molecular flexibility index (Phi) is 4.65. The maximum absolute atomic E-state index is 12.2. The van der Waals surface area contributed by atoms with Crippen molar-refractivity contribution in [3.63, 3.8) is 0 Å². The van der Waals surface area contributed by atoms with Crippen molar-refractivity contribution < 1.29 is 4.79 Å². The number of carbonyl (C=O) groups is 1. The number of amides is 1. The average molecular weight is 300 g/mol. The minimum atomic E-state index is 0.152. The van der Waals surface area contributed by atoms with Crippen LogP contribution in [-0.2, 0) is 6.42 Å². The molecule has 3 rings (SSSR count). The van der Waals surface area contributed by atoms with Crippen molar-refractivity contribution in [3.05, 3.63) is 52.5 Å². The molecule has 0 atom stereocenters. The molecule has 0 bridgehead atoms. The van der Waals surface area contributed by atoms with Gasteiger partial charge in [-0.25, -0.2) is 0 Å². The van der Waals surface area contributed by atoms with Gasteiger partial charge >= 0.3 is 0 Å². The average Bonchev–Trinajstić information content (AvgIpc) is 3.08. The fourth-order valence-corrected chi connectivity index (χ4v) is 3.50. The molecule has 0 N–H and O–H groups in total. The van der Waals surface area contributed by atoms with Crippen molar-refractivity contribution in [2.24, 2.45) is 5.92 Å². The van der Waals surface area contributed by atoms with Crippen LogP contribution in [0.1, 0.15) is 34.5 Å². The molecule has 21 heavy (non-hydrogen) atoms. The molecule has 0 saturated carbocycles. The van der Waals surface area contributed by atoms with Crippen molar-refractivity contribution in [1.82, 2.24) is 9.88 Å². The summed E-state index contributed by atoms with van der Waals surface area (Å²) in [6.07, 6.45) is 6.30. The van der Waals surface area contributed by atoms with Crippen LogP contribution in [0.5, 0.6) is 0 Å². The SMILES string of the molecule is O=C(c1cncs1)N1CCC(CCc2ccccc2)CC1. The van der Waals surface area contributed by atoms with Crippen LogP contribution in [0.3, 0.4) is 0 Å². The molecule has 0 unspecified atom stereocenters. The number of thiazole rings is 1. The quantitative estimate of drug-likeness (QED) is 0.864. The van der Waals surface area contributed by atoms with E-state index in [4.69, 9.17) is 0 Å². The first kappa shape index (κ1) is 14.3. The molecule has 1 amide bonds. The lowest BCUT2D eigenvalue weighted by atomic mass is 9.90. The Morgan fingerprint density at radius 1 is 1.24 bits per heavy atom. The second kappa shape index (κ2) is 6.85. The smallest absolute Gasteiger partial charge is 0.265 e. The Labute approximate surface area is 129 Å². The van der Waals surface area contributed by atoms with Crippen LogP contribution < -0.4 is 0 Å². The van der Waals surface area contributed by atoms with Gasteiger partial charge in [-0.1, -0.05) is 30.3 Å². The van der Waals surface area contributed by atoms with Crippen molar-refractivity contribution in [1.29, 1.82) is 0 Å². The first-order valence-electron chi connectivity index (χ1n) is 7.54. The standard InChI is InChI=1S/C17H20N2OS/c20-17(16-12-18-13-21-16)19-10-8-15(9-11-19)7-6-14-4-2-1-3-5-14/h1-5,12-13,15H,6-11H2. The summed E-state index contributed by atoms with van der Waals surface area (Å²) in [5.41, 5.74) is 3.14. The molecule has 1 aliphatic heterocycles. The molecule has 1 aromatic carbocycles. The summed E-state index contributed by atoms with van der Waals surface area (Å²) in [4.78, 5) is 19.0. The van der Waals surface area contributed by atoms with Crippen LogP contribution >= 0.6 is 11.3 Å². The second-order valence-corrected chi connectivity index (χ2v) is 6.51. The van der Waals surface area contributed by atoms with E-state index >= 15 is 0 Å². The molecule has 1 saturated heterocycles. The van der Waals surface area contributed by atoms with E-state index in [1.165, 1.54) is 23.3 Å². The fourth-order valence-electron chi connectivity index (χ4n) is 2.92. The molecule has 4 heteroatoms. The van der Waals surface area contributed by atoms with Crippen molar-refractivity contribution in [2.45, 2.75) is 25.7 Å². The van der Waals surface area contributed by atoms with Crippen LogP contribution in [0.4, 0.5) is 0 Å². The predicted molar refractivity (Wildman–Crippen MR) is 85.5 cm³/mol. The van der Waals surface area contributed by atoms with Gasteiger partial charge in [-0.05, 0) is 37.2 Å². The third kappa shape index (κ3) is 3.70.